The highest BCUT2D eigenvalue weighted by molar-refractivity contribution is 5.13. The molecule has 14 heavy (non-hydrogen) atoms. The molecule has 0 spiro atoms. The van der Waals surface area contributed by atoms with Gasteiger partial charge in [0, 0.05) is 6.54 Å². The van der Waals surface area contributed by atoms with E-state index >= 15 is 0 Å². The van der Waals surface area contributed by atoms with Crippen LogP contribution in [0.3, 0.4) is 0 Å². The van der Waals surface area contributed by atoms with Crippen LogP contribution in [-0.4, -0.2) is 13.2 Å². The van der Waals surface area contributed by atoms with Crippen molar-refractivity contribution in [2.75, 3.05) is 13.2 Å². The number of hydrogen-bond acceptors (Lipinski definition) is 3. The number of benzene rings is 1. The first-order valence-corrected chi connectivity index (χ1v) is 4.41. The third-order valence-electron chi connectivity index (χ3n) is 1.55. The van der Waals surface area contributed by atoms with Crippen LogP contribution >= 0.6 is 0 Å². The fourth-order valence-electron chi connectivity index (χ4n) is 0.858. The Kier molecular flexibility index (Phi) is 5.07. The van der Waals surface area contributed by atoms with Crippen LogP contribution < -0.4 is 5.73 Å². The molecule has 0 bridgehead atoms. The Hall–Kier alpha value is -1.66. The lowest BCUT2D eigenvalue weighted by Crippen LogP contribution is -2.01. The Labute approximate surface area is 83.8 Å². The maximum absolute atomic E-state index is 5.35. The van der Waals surface area contributed by atoms with Gasteiger partial charge in [0.1, 0.15) is 13.2 Å². The van der Waals surface area contributed by atoms with Gasteiger partial charge in [0.15, 0.2) is 12.2 Å². The predicted molar refractivity (Wildman–Crippen MR) is 54.0 cm³/mol. The quantitative estimate of drug-likeness (QED) is 0.676. The number of nitrogens with two attached hydrogens (primary N) is 1. The van der Waals surface area contributed by atoms with Gasteiger partial charge in [-0.15, -0.1) is 0 Å². The van der Waals surface area contributed by atoms with E-state index in [-0.39, 0.29) is 0 Å². The molecule has 0 fully saturated rings. The Morgan fingerprint density at radius 1 is 1.07 bits per heavy atom. The molecule has 2 N–H and O–H groups in total. The highest BCUT2D eigenvalue weighted by Crippen LogP contribution is 1.94. The summed E-state index contributed by atoms with van der Waals surface area (Å²) in [6.07, 6.45) is 4.62. The van der Waals surface area contributed by atoms with Gasteiger partial charge < -0.3 is 15.2 Å². The second-order valence-electron chi connectivity index (χ2n) is 2.59. The molecule has 0 aliphatic carbocycles. The first-order valence-electron chi connectivity index (χ1n) is 4.41. The molecule has 3 heteroatoms. The fourth-order valence-corrected chi connectivity index (χ4v) is 0.858. The fraction of sp³-hybridized carbons (Fsp3) is 0.273. The summed E-state index contributed by atoms with van der Waals surface area (Å²) in [5.74, 6) is 0. The molecular formula is C11H13NO2. The molecule has 1 aromatic carbocycles. The summed E-state index contributed by atoms with van der Waals surface area (Å²) in [5, 5.41) is 0. The van der Waals surface area contributed by atoms with Gasteiger partial charge >= 0.3 is 0 Å². The Bertz CT molecular complexity index is 290. The van der Waals surface area contributed by atoms with Gasteiger partial charge in [-0.25, -0.2) is 0 Å². The maximum atomic E-state index is 5.35. The van der Waals surface area contributed by atoms with Crippen molar-refractivity contribution >= 4 is 0 Å². The SMILES string of the molecule is C1#COCCO1.NCc1ccccc1. The monoisotopic (exact) mass is 191 g/mol. The first-order chi connectivity index (χ1) is 6.93. The van der Waals surface area contributed by atoms with E-state index in [1.807, 2.05) is 30.3 Å². The topological polar surface area (TPSA) is 44.5 Å². The lowest BCUT2D eigenvalue weighted by molar-refractivity contribution is 0.147. The zero-order chi connectivity index (χ0) is 10.1. The van der Waals surface area contributed by atoms with Crippen LogP contribution in [0.4, 0.5) is 0 Å². The van der Waals surface area contributed by atoms with Gasteiger partial charge in [-0.05, 0) is 5.56 Å². The van der Waals surface area contributed by atoms with Crippen molar-refractivity contribution in [1.82, 2.24) is 0 Å². The summed E-state index contributed by atoms with van der Waals surface area (Å²) in [4.78, 5) is 0. The van der Waals surface area contributed by atoms with Crippen LogP contribution in [-0.2, 0) is 16.0 Å². The molecule has 3 nitrogen and oxygen atoms in total. The van der Waals surface area contributed by atoms with Crippen molar-refractivity contribution in [2.24, 2.45) is 5.73 Å². The normalized spacial score (nSPS) is 12.1. The van der Waals surface area contributed by atoms with E-state index in [4.69, 9.17) is 5.73 Å². The van der Waals surface area contributed by atoms with Crippen LogP contribution in [0.25, 0.3) is 0 Å². The minimum Gasteiger partial charge on any atom is -0.441 e. The van der Waals surface area contributed by atoms with Crippen molar-refractivity contribution in [3.8, 4) is 12.2 Å². The maximum Gasteiger partial charge on any atom is 0.155 e. The largest absolute Gasteiger partial charge is 0.441 e. The summed E-state index contributed by atoms with van der Waals surface area (Å²) in [6.45, 7) is 1.85. The van der Waals surface area contributed by atoms with E-state index in [0.29, 0.717) is 19.8 Å². The predicted octanol–water partition coefficient (Wildman–Crippen LogP) is 1.10. The van der Waals surface area contributed by atoms with Crippen molar-refractivity contribution < 1.29 is 9.47 Å². The average Bonchev–Trinajstić information content (AvgIpc) is 2.33. The van der Waals surface area contributed by atoms with Crippen LogP contribution in [0, 0.1) is 12.2 Å². The van der Waals surface area contributed by atoms with Crippen LogP contribution in [0.2, 0.25) is 0 Å². The molecular weight excluding hydrogens is 178 g/mol. The molecule has 1 aromatic rings. The minimum atomic E-state index is 0.604. The highest BCUT2D eigenvalue weighted by Gasteiger charge is 1.85. The summed E-state index contributed by atoms with van der Waals surface area (Å²) in [5.41, 5.74) is 6.54. The number of hydrogen-bond donors (Lipinski definition) is 1. The Balaban J connectivity index is 0.000000146. The molecule has 1 aliphatic rings. The zero-order valence-corrected chi connectivity index (χ0v) is 7.90. The van der Waals surface area contributed by atoms with Crippen molar-refractivity contribution in [3.05, 3.63) is 35.9 Å². The minimum absolute atomic E-state index is 0.604. The molecule has 1 aliphatic heterocycles. The van der Waals surface area contributed by atoms with Gasteiger partial charge in [0.05, 0.1) is 0 Å². The molecule has 0 amide bonds. The van der Waals surface area contributed by atoms with Crippen LogP contribution in [0.15, 0.2) is 30.3 Å². The van der Waals surface area contributed by atoms with Gasteiger partial charge in [-0.2, -0.15) is 0 Å². The van der Waals surface area contributed by atoms with Gasteiger partial charge in [0.25, 0.3) is 0 Å². The van der Waals surface area contributed by atoms with E-state index in [2.05, 4.69) is 21.7 Å². The van der Waals surface area contributed by atoms with E-state index in [9.17, 15) is 0 Å². The van der Waals surface area contributed by atoms with Crippen molar-refractivity contribution in [3.63, 3.8) is 0 Å². The lowest BCUT2D eigenvalue weighted by atomic mass is 10.2. The van der Waals surface area contributed by atoms with E-state index < -0.39 is 0 Å². The first kappa shape index (κ1) is 10.4. The van der Waals surface area contributed by atoms with Crippen LogP contribution in [0.1, 0.15) is 5.56 Å². The molecule has 0 aromatic heterocycles. The standard InChI is InChI=1S/C7H9N.C4H4O2/c8-6-7-4-2-1-3-5-7;1-2-6-4-3-5-1/h1-5H,6,8H2;1-2H2. The average molecular weight is 191 g/mol. The molecule has 0 saturated carbocycles. The van der Waals surface area contributed by atoms with E-state index in [1.54, 1.807) is 0 Å². The lowest BCUT2D eigenvalue weighted by Gasteiger charge is -1.98. The summed E-state index contributed by atoms with van der Waals surface area (Å²) < 4.78 is 9.17. The highest BCUT2D eigenvalue weighted by atomic mass is 16.5. The third-order valence-corrected chi connectivity index (χ3v) is 1.55. The van der Waals surface area contributed by atoms with Crippen molar-refractivity contribution in [2.45, 2.75) is 6.54 Å². The zero-order valence-electron chi connectivity index (χ0n) is 7.90. The molecule has 1 heterocycles. The third kappa shape index (κ3) is 4.39. The molecule has 2 rings (SSSR count). The van der Waals surface area contributed by atoms with Gasteiger partial charge in [-0.1, -0.05) is 30.3 Å². The molecule has 0 radical (unpaired) electrons. The Morgan fingerprint density at radius 3 is 1.93 bits per heavy atom. The number of ether oxygens (including phenoxy) is 2. The van der Waals surface area contributed by atoms with Gasteiger partial charge in [0.2, 0.25) is 0 Å². The molecule has 0 saturated heterocycles. The second kappa shape index (κ2) is 6.81. The Morgan fingerprint density at radius 2 is 1.64 bits per heavy atom. The summed E-state index contributed by atoms with van der Waals surface area (Å²) in [7, 11) is 0. The molecule has 0 unspecified atom stereocenters. The summed E-state index contributed by atoms with van der Waals surface area (Å²) >= 11 is 0. The van der Waals surface area contributed by atoms with Gasteiger partial charge in [-0.3, -0.25) is 0 Å². The summed E-state index contributed by atoms with van der Waals surface area (Å²) in [6, 6.07) is 9.99. The smallest absolute Gasteiger partial charge is 0.155 e. The van der Waals surface area contributed by atoms with E-state index in [1.165, 1.54) is 5.56 Å². The van der Waals surface area contributed by atoms with E-state index in [0.717, 1.165) is 0 Å². The van der Waals surface area contributed by atoms with Crippen LogP contribution in [0.5, 0.6) is 0 Å². The second-order valence-corrected chi connectivity index (χ2v) is 2.59. The van der Waals surface area contributed by atoms with Crippen molar-refractivity contribution in [1.29, 1.82) is 0 Å². The molecule has 74 valence electrons. The number of rotatable bonds is 1. The molecule has 0 atom stereocenters.